The summed E-state index contributed by atoms with van der Waals surface area (Å²) >= 11 is 0. The Kier molecular flexibility index (Phi) is 5.40. The number of rotatable bonds is 7. The standard InChI is InChI=1S/C18H28N2O/c1-5-9-20(10-6-2)14(4)18(21)15-7-8-17-16(12-15)11-13(3)19-17/h7-8,12-14,19H,5-6,9-11H2,1-4H3. The fourth-order valence-electron chi connectivity index (χ4n) is 3.18. The van der Waals surface area contributed by atoms with Crippen molar-refractivity contribution in [3.05, 3.63) is 29.3 Å². The Hall–Kier alpha value is -1.35. The molecule has 0 saturated heterocycles. The van der Waals surface area contributed by atoms with Crippen LogP contribution in [0.1, 0.15) is 56.5 Å². The van der Waals surface area contributed by atoms with E-state index in [9.17, 15) is 4.79 Å². The number of benzene rings is 1. The molecule has 0 aliphatic carbocycles. The van der Waals surface area contributed by atoms with E-state index in [0.717, 1.165) is 37.9 Å². The molecule has 2 atom stereocenters. The highest BCUT2D eigenvalue weighted by atomic mass is 16.1. The zero-order chi connectivity index (χ0) is 15.4. The third-order valence-corrected chi connectivity index (χ3v) is 4.27. The summed E-state index contributed by atoms with van der Waals surface area (Å²) < 4.78 is 0. The number of hydrogen-bond acceptors (Lipinski definition) is 3. The van der Waals surface area contributed by atoms with Crippen LogP contribution in [0, 0.1) is 0 Å². The SMILES string of the molecule is CCCN(CCC)C(C)C(=O)c1ccc2c(c1)CC(C)N2. The van der Waals surface area contributed by atoms with Crippen molar-refractivity contribution in [2.24, 2.45) is 0 Å². The van der Waals surface area contributed by atoms with Crippen LogP contribution in [-0.4, -0.2) is 35.9 Å². The second-order valence-corrected chi connectivity index (χ2v) is 6.20. The minimum Gasteiger partial charge on any atom is -0.382 e. The number of hydrogen-bond donors (Lipinski definition) is 1. The molecule has 0 aromatic heterocycles. The quantitative estimate of drug-likeness (QED) is 0.776. The highest BCUT2D eigenvalue weighted by molar-refractivity contribution is 6.00. The normalized spacial score (nSPS) is 18.4. The maximum Gasteiger partial charge on any atom is 0.179 e. The van der Waals surface area contributed by atoms with Gasteiger partial charge in [-0.05, 0) is 70.0 Å². The van der Waals surface area contributed by atoms with Crippen LogP contribution in [0.4, 0.5) is 5.69 Å². The summed E-state index contributed by atoms with van der Waals surface area (Å²) in [6.07, 6.45) is 3.19. The third-order valence-electron chi connectivity index (χ3n) is 4.27. The van der Waals surface area contributed by atoms with Crippen molar-refractivity contribution in [1.82, 2.24) is 4.90 Å². The average molecular weight is 288 g/mol. The van der Waals surface area contributed by atoms with Crippen LogP contribution in [-0.2, 0) is 6.42 Å². The first-order valence-electron chi connectivity index (χ1n) is 8.24. The average Bonchev–Trinajstić information content (AvgIpc) is 2.84. The van der Waals surface area contributed by atoms with Gasteiger partial charge in [-0.2, -0.15) is 0 Å². The van der Waals surface area contributed by atoms with Gasteiger partial charge in [-0.3, -0.25) is 9.69 Å². The van der Waals surface area contributed by atoms with Gasteiger partial charge in [0.1, 0.15) is 0 Å². The van der Waals surface area contributed by atoms with E-state index in [1.807, 2.05) is 13.0 Å². The lowest BCUT2D eigenvalue weighted by Gasteiger charge is -2.27. The molecule has 1 aliphatic rings. The van der Waals surface area contributed by atoms with E-state index >= 15 is 0 Å². The first kappa shape index (κ1) is 16.0. The Morgan fingerprint density at radius 1 is 1.33 bits per heavy atom. The van der Waals surface area contributed by atoms with Gasteiger partial charge in [0.25, 0.3) is 0 Å². The zero-order valence-corrected chi connectivity index (χ0v) is 13.8. The fraction of sp³-hybridized carbons (Fsp3) is 0.611. The molecule has 0 bridgehead atoms. The molecule has 1 N–H and O–H groups in total. The number of nitrogens with zero attached hydrogens (tertiary/aromatic N) is 1. The second-order valence-electron chi connectivity index (χ2n) is 6.20. The minimum atomic E-state index is -0.0327. The molecule has 0 saturated carbocycles. The molecule has 1 aliphatic heterocycles. The molecule has 2 rings (SSSR count). The number of nitrogens with one attached hydrogen (secondary N) is 1. The molecule has 1 heterocycles. The second kappa shape index (κ2) is 7.08. The number of carbonyl (C=O) groups is 1. The fourth-order valence-corrected chi connectivity index (χ4v) is 3.18. The third kappa shape index (κ3) is 3.65. The van der Waals surface area contributed by atoms with Crippen LogP contribution >= 0.6 is 0 Å². The van der Waals surface area contributed by atoms with Crippen LogP contribution in [0.25, 0.3) is 0 Å². The number of Topliss-reactive ketones (excluding diaryl/α,β-unsaturated/α-hetero) is 1. The Morgan fingerprint density at radius 2 is 2.00 bits per heavy atom. The van der Waals surface area contributed by atoms with Gasteiger partial charge < -0.3 is 5.32 Å². The summed E-state index contributed by atoms with van der Waals surface area (Å²) in [6.45, 7) is 10.5. The van der Waals surface area contributed by atoms with Crippen molar-refractivity contribution < 1.29 is 4.79 Å². The predicted octanol–water partition coefficient (Wildman–Crippen LogP) is 3.74. The van der Waals surface area contributed by atoms with Gasteiger partial charge in [0, 0.05) is 17.3 Å². The van der Waals surface area contributed by atoms with Gasteiger partial charge in [-0.1, -0.05) is 13.8 Å². The van der Waals surface area contributed by atoms with Gasteiger partial charge in [-0.25, -0.2) is 0 Å². The van der Waals surface area contributed by atoms with E-state index < -0.39 is 0 Å². The smallest absolute Gasteiger partial charge is 0.179 e. The number of fused-ring (bicyclic) bond motifs is 1. The lowest BCUT2D eigenvalue weighted by molar-refractivity contribution is 0.0838. The van der Waals surface area contributed by atoms with E-state index in [1.54, 1.807) is 0 Å². The molecular weight excluding hydrogens is 260 g/mol. The molecule has 0 radical (unpaired) electrons. The van der Waals surface area contributed by atoms with Crippen molar-refractivity contribution in [1.29, 1.82) is 0 Å². The number of ketones is 1. The highest BCUT2D eigenvalue weighted by Crippen LogP contribution is 2.27. The molecule has 1 aromatic carbocycles. The molecule has 3 heteroatoms. The molecule has 3 nitrogen and oxygen atoms in total. The van der Waals surface area contributed by atoms with Crippen LogP contribution in [0.3, 0.4) is 0 Å². The predicted molar refractivity (Wildman–Crippen MR) is 89.2 cm³/mol. The monoisotopic (exact) mass is 288 g/mol. The van der Waals surface area contributed by atoms with Gasteiger partial charge in [-0.15, -0.1) is 0 Å². The van der Waals surface area contributed by atoms with Gasteiger partial charge in [0.2, 0.25) is 0 Å². The summed E-state index contributed by atoms with van der Waals surface area (Å²) in [7, 11) is 0. The molecule has 21 heavy (non-hydrogen) atoms. The first-order chi connectivity index (χ1) is 10.1. The summed E-state index contributed by atoms with van der Waals surface area (Å²) in [5.74, 6) is 0.249. The highest BCUT2D eigenvalue weighted by Gasteiger charge is 2.23. The summed E-state index contributed by atoms with van der Waals surface area (Å²) in [5.41, 5.74) is 3.32. The van der Waals surface area contributed by atoms with E-state index in [-0.39, 0.29) is 11.8 Å². The van der Waals surface area contributed by atoms with Crippen molar-refractivity contribution in [3.63, 3.8) is 0 Å². The van der Waals surface area contributed by atoms with Gasteiger partial charge in [0.15, 0.2) is 5.78 Å². The van der Waals surface area contributed by atoms with Gasteiger partial charge in [0.05, 0.1) is 6.04 Å². The van der Waals surface area contributed by atoms with Gasteiger partial charge >= 0.3 is 0 Å². The molecule has 1 aromatic rings. The van der Waals surface area contributed by atoms with Crippen LogP contribution in [0.5, 0.6) is 0 Å². The molecular formula is C18H28N2O. The lowest BCUT2D eigenvalue weighted by Crippen LogP contribution is -2.40. The Balaban J connectivity index is 2.14. The lowest BCUT2D eigenvalue weighted by atomic mass is 10.00. The van der Waals surface area contributed by atoms with Crippen LogP contribution < -0.4 is 5.32 Å². The number of carbonyl (C=O) groups excluding carboxylic acids is 1. The molecule has 2 unspecified atom stereocenters. The maximum absolute atomic E-state index is 12.8. The van der Waals surface area contributed by atoms with Crippen LogP contribution in [0.2, 0.25) is 0 Å². The number of anilines is 1. The Bertz CT molecular complexity index is 492. The van der Waals surface area contributed by atoms with E-state index in [4.69, 9.17) is 0 Å². The summed E-state index contributed by atoms with van der Waals surface area (Å²) in [4.78, 5) is 15.1. The van der Waals surface area contributed by atoms with Crippen molar-refractivity contribution in [2.75, 3.05) is 18.4 Å². The van der Waals surface area contributed by atoms with Crippen LogP contribution in [0.15, 0.2) is 18.2 Å². The molecule has 0 spiro atoms. The first-order valence-corrected chi connectivity index (χ1v) is 8.24. The summed E-state index contributed by atoms with van der Waals surface area (Å²) in [5, 5.41) is 3.43. The van der Waals surface area contributed by atoms with Crippen molar-refractivity contribution in [3.8, 4) is 0 Å². The van der Waals surface area contributed by atoms with Crippen molar-refractivity contribution in [2.45, 2.75) is 59.0 Å². The Labute approximate surface area is 128 Å². The Morgan fingerprint density at radius 3 is 2.62 bits per heavy atom. The minimum absolute atomic E-state index is 0.0327. The molecule has 116 valence electrons. The topological polar surface area (TPSA) is 32.3 Å². The zero-order valence-electron chi connectivity index (χ0n) is 13.8. The largest absolute Gasteiger partial charge is 0.382 e. The molecule has 0 fully saturated rings. The maximum atomic E-state index is 12.8. The van der Waals surface area contributed by atoms with E-state index in [1.165, 1.54) is 11.3 Å². The van der Waals surface area contributed by atoms with E-state index in [2.05, 4.69) is 43.1 Å². The van der Waals surface area contributed by atoms with E-state index in [0.29, 0.717) is 6.04 Å². The summed E-state index contributed by atoms with van der Waals surface area (Å²) in [6, 6.07) is 6.55. The van der Waals surface area contributed by atoms with Crippen molar-refractivity contribution >= 4 is 11.5 Å². The molecule has 0 amide bonds.